The van der Waals surface area contributed by atoms with E-state index < -0.39 is 12.6 Å². The Labute approximate surface area is 125 Å². The van der Waals surface area contributed by atoms with Crippen molar-refractivity contribution in [1.82, 2.24) is 5.32 Å². The van der Waals surface area contributed by atoms with Crippen LogP contribution in [0.3, 0.4) is 0 Å². The van der Waals surface area contributed by atoms with Crippen LogP contribution in [0.15, 0.2) is 30.3 Å². The maximum Gasteiger partial charge on any atom is 0.389 e. The number of hydrogen-bond acceptors (Lipinski definition) is 1. The monoisotopic (exact) mass is 301 g/mol. The summed E-state index contributed by atoms with van der Waals surface area (Å²) in [5.74, 6) is 0. The van der Waals surface area contributed by atoms with Crippen molar-refractivity contribution in [2.24, 2.45) is 0 Å². The molecule has 1 N–H and O–H groups in total. The summed E-state index contributed by atoms with van der Waals surface area (Å²) >= 11 is 0. The minimum Gasteiger partial charge on any atom is -0.310 e. The smallest absolute Gasteiger partial charge is 0.310 e. The highest BCUT2D eigenvalue weighted by molar-refractivity contribution is 5.18. The highest BCUT2D eigenvalue weighted by atomic mass is 19.4. The van der Waals surface area contributed by atoms with Crippen molar-refractivity contribution < 1.29 is 13.2 Å². The third kappa shape index (κ3) is 8.76. The molecule has 0 aliphatic heterocycles. The van der Waals surface area contributed by atoms with Gasteiger partial charge in [0.2, 0.25) is 0 Å². The Balaban J connectivity index is 2.35. The Hall–Kier alpha value is -1.03. The molecule has 1 atom stereocenters. The number of alkyl halides is 3. The second-order valence-electron chi connectivity index (χ2n) is 5.49. The lowest BCUT2D eigenvalue weighted by Gasteiger charge is -2.19. The topological polar surface area (TPSA) is 12.0 Å². The fraction of sp³-hybridized carbons (Fsp3) is 0.647. The molecular formula is C17H26F3N. The molecule has 0 aliphatic rings. The van der Waals surface area contributed by atoms with E-state index in [2.05, 4.69) is 24.4 Å². The van der Waals surface area contributed by atoms with E-state index in [9.17, 15) is 13.2 Å². The van der Waals surface area contributed by atoms with Gasteiger partial charge in [-0.25, -0.2) is 0 Å². The molecule has 0 amide bonds. The normalized spacial score (nSPS) is 13.3. The number of hydrogen-bond donors (Lipinski definition) is 1. The molecule has 21 heavy (non-hydrogen) atoms. The van der Waals surface area contributed by atoms with Gasteiger partial charge in [0.25, 0.3) is 0 Å². The molecule has 1 nitrogen and oxygen atoms in total. The van der Waals surface area contributed by atoms with E-state index in [1.54, 1.807) is 0 Å². The summed E-state index contributed by atoms with van der Waals surface area (Å²) in [5.41, 5.74) is 1.23. The molecule has 1 aromatic carbocycles. The Morgan fingerprint density at radius 2 is 1.71 bits per heavy atom. The van der Waals surface area contributed by atoms with E-state index in [1.165, 1.54) is 18.4 Å². The molecule has 0 aliphatic carbocycles. The van der Waals surface area contributed by atoms with E-state index in [0.717, 1.165) is 12.8 Å². The van der Waals surface area contributed by atoms with Crippen LogP contribution in [0.1, 0.15) is 63.5 Å². The summed E-state index contributed by atoms with van der Waals surface area (Å²) in [5, 5.41) is 3.41. The number of nitrogens with one attached hydrogen (secondary N) is 1. The molecule has 0 heterocycles. The van der Waals surface area contributed by atoms with Crippen molar-refractivity contribution in [3.8, 4) is 0 Å². The molecule has 4 heteroatoms. The highest BCUT2D eigenvalue weighted by Gasteiger charge is 2.25. The van der Waals surface area contributed by atoms with Crippen molar-refractivity contribution in [2.45, 2.75) is 64.1 Å². The second kappa shape index (κ2) is 9.82. The first-order valence-corrected chi connectivity index (χ1v) is 7.88. The van der Waals surface area contributed by atoms with Crippen LogP contribution in [0.2, 0.25) is 0 Å². The molecule has 0 spiro atoms. The number of rotatable bonds is 10. The van der Waals surface area contributed by atoms with E-state index >= 15 is 0 Å². The van der Waals surface area contributed by atoms with E-state index in [4.69, 9.17) is 0 Å². The predicted molar refractivity (Wildman–Crippen MR) is 81.2 cm³/mol. The number of unbranched alkanes of at least 4 members (excludes halogenated alkanes) is 3. The van der Waals surface area contributed by atoms with Crippen LogP contribution in [-0.2, 0) is 0 Å². The summed E-state index contributed by atoms with van der Waals surface area (Å²) in [6.45, 7) is 2.81. The Kier molecular flexibility index (Phi) is 8.43. The first kappa shape index (κ1) is 18.0. The summed E-state index contributed by atoms with van der Waals surface area (Å²) in [4.78, 5) is 0. The lowest BCUT2D eigenvalue weighted by molar-refractivity contribution is -0.135. The summed E-state index contributed by atoms with van der Waals surface area (Å²) in [6, 6.07) is 10.4. The zero-order valence-electron chi connectivity index (χ0n) is 12.8. The Bertz CT molecular complexity index is 362. The van der Waals surface area contributed by atoms with Gasteiger partial charge in [-0.15, -0.1) is 0 Å². The summed E-state index contributed by atoms with van der Waals surface area (Å²) in [6.07, 6.45) is 0.610. The van der Waals surface area contributed by atoms with E-state index in [-0.39, 0.29) is 12.5 Å². The van der Waals surface area contributed by atoms with Gasteiger partial charge in [0.1, 0.15) is 0 Å². The molecule has 0 bridgehead atoms. The molecule has 1 rings (SSSR count). The third-order valence-corrected chi connectivity index (χ3v) is 3.58. The van der Waals surface area contributed by atoms with Gasteiger partial charge in [0.15, 0.2) is 0 Å². The van der Waals surface area contributed by atoms with Gasteiger partial charge >= 0.3 is 6.18 Å². The fourth-order valence-corrected chi connectivity index (χ4v) is 2.40. The van der Waals surface area contributed by atoms with Gasteiger partial charge in [0.05, 0.1) is 0 Å². The fourth-order valence-electron chi connectivity index (χ4n) is 2.40. The molecule has 0 radical (unpaired) electrons. The van der Waals surface area contributed by atoms with Crippen molar-refractivity contribution in [3.05, 3.63) is 35.9 Å². The van der Waals surface area contributed by atoms with Gasteiger partial charge in [-0.2, -0.15) is 13.2 Å². The molecule has 120 valence electrons. The molecule has 1 unspecified atom stereocenters. The maximum absolute atomic E-state index is 12.1. The molecular weight excluding hydrogens is 275 g/mol. The van der Waals surface area contributed by atoms with Crippen LogP contribution in [0.25, 0.3) is 0 Å². The average molecular weight is 301 g/mol. The molecule has 0 fully saturated rings. The number of benzene rings is 1. The van der Waals surface area contributed by atoms with Crippen molar-refractivity contribution in [3.63, 3.8) is 0 Å². The Morgan fingerprint density at radius 3 is 2.33 bits per heavy atom. The van der Waals surface area contributed by atoms with Gasteiger partial charge in [0, 0.05) is 12.5 Å². The van der Waals surface area contributed by atoms with Crippen molar-refractivity contribution in [2.75, 3.05) is 6.54 Å². The van der Waals surface area contributed by atoms with Gasteiger partial charge < -0.3 is 5.32 Å². The zero-order chi connectivity index (χ0) is 15.6. The van der Waals surface area contributed by atoms with E-state index in [0.29, 0.717) is 13.0 Å². The molecule has 0 aromatic heterocycles. The standard InChI is InChI=1S/C17H26F3N/c1-2-3-5-12-16(15-10-6-4-7-11-15)21-14-9-8-13-17(18,19)20/h4,6-7,10-11,16,21H,2-3,5,8-9,12-14H2,1H3. The largest absolute Gasteiger partial charge is 0.389 e. The lowest BCUT2D eigenvalue weighted by atomic mass is 10.0. The first-order chi connectivity index (χ1) is 10.0. The summed E-state index contributed by atoms with van der Waals surface area (Å²) in [7, 11) is 0. The lowest BCUT2D eigenvalue weighted by Crippen LogP contribution is -2.23. The van der Waals surface area contributed by atoms with Gasteiger partial charge in [-0.1, -0.05) is 56.5 Å². The van der Waals surface area contributed by atoms with Crippen LogP contribution in [0, 0.1) is 0 Å². The van der Waals surface area contributed by atoms with Crippen LogP contribution in [0.4, 0.5) is 13.2 Å². The summed E-state index contributed by atoms with van der Waals surface area (Å²) < 4.78 is 36.3. The average Bonchev–Trinajstić information content (AvgIpc) is 2.45. The quantitative estimate of drug-likeness (QED) is 0.552. The number of halogens is 3. The van der Waals surface area contributed by atoms with Crippen molar-refractivity contribution >= 4 is 0 Å². The third-order valence-electron chi connectivity index (χ3n) is 3.58. The molecule has 0 saturated heterocycles. The van der Waals surface area contributed by atoms with Crippen LogP contribution >= 0.6 is 0 Å². The predicted octanol–water partition coefficient (Wildman–Crippen LogP) is 5.63. The first-order valence-electron chi connectivity index (χ1n) is 7.88. The molecule has 0 saturated carbocycles. The van der Waals surface area contributed by atoms with Gasteiger partial charge in [-0.3, -0.25) is 0 Å². The minimum absolute atomic E-state index is 0.201. The SMILES string of the molecule is CCCCCC(NCCCCC(F)(F)F)c1ccccc1. The van der Waals surface area contributed by atoms with Crippen LogP contribution in [0.5, 0.6) is 0 Å². The van der Waals surface area contributed by atoms with E-state index in [1.807, 2.05) is 18.2 Å². The highest BCUT2D eigenvalue weighted by Crippen LogP contribution is 2.23. The second-order valence-corrected chi connectivity index (χ2v) is 5.49. The van der Waals surface area contributed by atoms with Crippen LogP contribution in [-0.4, -0.2) is 12.7 Å². The molecule has 1 aromatic rings. The van der Waals surface area contributed by atoms with Gasteiger partial charge in [-0.05, 0) is 31.4 Å². The maximum atomic E-state index is 12.1. The Morgan fingerprint density at radius 1 is 1.00 bits per heavy atom. The minimum atomic E-state index is -4.03. The zero-order valence-corrected chi connectivity index (χ0v) is 12.8. The van der Waals surface area contributed by atoms with Crippen molar-refractivity contribution in [1.29, 1.82) is 0 Å². The van der Waals surface area contributed by atoms with Crippen LogP contribution < -0.4 is 5.32 Å².